The van der Waals surface area contributed by atoms with Crippen LogP contribution in [0, 0.1) is 34.8 Å². The lowest BCUT2D eigenvalue weighted by atomic mass is 10.1. The van der Waals surface area contributed by atoms with Crippen LogP contribution in [0.3, 0.4) is 0 Å². The van der Waals surface area contributed by atoms with Crippen molar-refractivity contribution in [3.8, 4) is 5.75 Å². The second-order valence-corrected chi connectivity index (χ2v) is 9.98. The molecule has 0 atom stereocenters. The second-order valence-electron chi connectivity index (χ2n) is 7.11. The van der Waals surface area contributed by atoms with Crippen molar-refractivity contribution in [2.75, 3.05) is 6.61 Å². The fourth-order valence-corrected chi connectivity index (χ4v) is 5.78. The van der Waals surface area contributed by atoms with Crippen LogP contribution in [0.5, 0.6) is 5.75 Å². The Morgan fingerprint density at radius 3 is 2.26 bits per heavy atom. The minimum atomic E-state index is -0.151. The maximum Gasteiger partial charge on any atom is 0.358 e. The number of ether oxygens (including phenoxy) is 1. The summed E-state index contributed by atoms with van der Waals surface area (Å²) in [5.41, 5.74) is 4.20. The number of hydrogen-bond acceptors (Lipinski definition) is 1. The number of rotatable bonds is 7. The van der Waals surface area contributed by atoms with Crippen molar-refractivity contribution in [3.63, 3.8) is 0 Å². The van der Waals surface area contributed by atoms with Crippen molar-refractivity contribution in [2.24, 2.45) is 7.05 Å². The Labute approximate surface area is 173 Å². The van der Waals surface area contributed by atoms with Crippen molar-refractivity contribution in [1.29, 1.82) is 0 Å². The van der Waals surface area contributed by atoms with Gasteiger partial charge in [0.25, 0.3) is 5.82 Å². The first-order chi connectivity index (χ1) is 12.9. The summed E-state index contributed by atoms with van der Waals surface area (Å²) in [4.78, 5) is 0. The van der Waals surface area contributed by atoms with E-state index in [4.69, 9.17) is 4.74 Å². The molecule has 0 saturated heterocycles. The van der Waals surface area contributed by atoms with E-state index in [0.29, 0.717) is 0 Å². The fourth-order valence-electron chi connectivity index (χ4n) is 3.27. The van der Waals surface area contributed by atoms with Gasteiger partial charge in [0.15, 0.2) is 7.14 Å². The fraction of sp³-hybridized carbons (Fsp3) is 0.348. The number of hydrogen-bond donors (Lipinski definition) is 0. The van der Waals surface area contributed by atoms with Crippen LogP contribution in [0.4, 0.5) is 0 Å². The zero-order valence-corrected chi connectivity index (χ0v) is 19.1. The summed E-state index contributed by atoms with van der Waals surface area (Å²) in [7, 11) is 2.08. The molecular weight excluding hydrogens is 447 g/mol. The van der Waals surface area contributed by atoms with Gasteiger partial charge >= 0.3 is 21.2 Å². The van der Waals surface area contributed by atoms with Crippen molar-refractivity contribution in [2.45, 2.75) is 40.7 Å². The molecular formula is C23H29IN2O+2. The predicted octanol–water partition coefficient (Wildman–Crippen LogP) is 1.14. The summed E-state index contributed by atoms with van der Waals surface area (Å²) in [6.07, 6.45) is 5.23. The summed E-state index contributed by atoms with van der Waals surface area (Å²) >= 11 is -0.151. The van der Waals surface area contributed by atoms with Gasteiger partial charge in [-0.25, -0.2) is 9.13 Å². The molecule has 0 unspecified atom stereocenters. The van der Waals surface area contributed by atoms with Crippen LogP contribution in [-0.4, -0.2) is 11.2 Å². The Balaban J connectivity index is 1.52. The number of aryl methyl sites for hydroxylation is 5. The number of nitrogens with zero attached hydrogens (tertiary/aromatic N) is 2. The topological polar surface area (TPSA) is 18.0 Å². The molecule has 0 aliphatic carbocycles. The Morgan fingerprint density at radius 1 is 1.00 bits per heavy atom. The minimum Gasteiger partial charge on any atom is -0.493 e. The third-order valence-corrected chi connectivity index (χ3v) is 8.39. The first-order valence-electron chi connectivity index (χ1n) is 9.41. The van der Waals surface area contributed by atoms with Crippen LogP contribution < -0.4 is 30.5 Å². The van der Waals surface area contributed by atoms with Crippen LogP contribution in [0.25, 0.3) is 0 Å². The van der Waals surface area contributed by atoms with Crippen LogP contribution in [0.15, 0.2) is 48.8 Å². The Kier molecular flexibility index (Phi) is 6.58. The molecule has 0 N–H and O–H groups in total. The first-order valence-corrected chi connectivity index (χ1v) is 11.6. The highest BCUT2D eigenvalue weighted by Crippen LogP contribution is 2.10. The monoisotopic (exact) mass is 476 g/mol. The van der Waals surface area contributed by atoms with E-state index in [1.807, 2.05) is 0 Å². The van der Waals surface area contributed by atoms with E-state index in [2.05, 4.69) is 92.7 Å². The Bertz CT molecular complexity index is 890. The zero-order chi connectivity index (χ0) is 19.4. The van der Waals surface area contributed by atoms with Gasteiger partial charge in [-0.2, -0.15) is 0 Å². The third-order valence-electron chi connectivity index (χ3n) is 4.81. The highest BCUT2D eigenvalue weighted by Gasteiger charge is 2.21. The molecule has 0 amide bonds. The number of imidazole rings is 1. The van der Waals surface area contributed by atoms with Crippen molar-refractivity contribution < 1.29 is 30.5 Å². The molecule has 0 aliphatic heterocycles. The average molecular weight is 476 g/mol. The van der Waals surface area contributed by atoms with Crippen molar-refractivity contribution >= 4 is 0 Å². The SMILES string of the molecule is Cc1cc(C)c([I+]c2ccc(OCCCn3cc[n+](C)c3C)cc2)c(C)c1. The summed E-state index contributed by atoms with van der Waals surface area (Å²) in [6.45, 7) is 10.5. The largest absolute Gasteiger partial charge is 0.493 e. The van der Waals surface area contributed by atoms with E-state index < -0.39 is 0 Å². The van der Waals surface area contributed by atoms with Crippen molar-refractivity contribution in [1.82, 2.24) is 4.57 Å². The smallest absolute Gasteiger partial charge is 0.358 e. The normalized spacial score (nSPS) is 11.0. The van der Waals surface area contributed by atoms with E-state index in [1.54, 1.807) is 3.57 Å². The number of aromatic nitrogens is 2. The molecule has 27 heavy (non-hydrogen) atoms. The molecule has 142 valence electrons. The molecule has 1 heterocycles. The van der Waals surface area contributed by atoms with E-state index in [0.717, 1.165) is 25.3 Å². The van der Waals surface area contributed by atoms with Crippen LogP contribution in [0.2, 0.25) is 0 Å². The molecule has 1 aromatic heterocycles. The third kappa shape index (κ3) is 5.12. The summed E-state index contributed by atoms with van der Waals surface area (Å²) in [5, 5.41) is 0. The average Bonchev–Trinajstić information content (AvgIpc) is 2.95. The second kappa shape index (κ2) is 8.91. The van der Waals surface area contributed by atoms with Crippen LogP contribution in [-0.2, 0) is 13.6 Å². The molecule has 0 bridgehead atoms. The van der Waals surface area contributed by atoms with Crippen LogP contribution in [0.1, 0.15) is 28.9 Å². The van der Waals surface area contributed by atoms with Gasteiger partial charge in [0.1, 0.15) is 18.1 Å². The molecule has 3 aromatic rings. The summed E-state index contributed by atoms with van der Waals surface area (Å²) < 4.78 is 13.3. The standard InChI is InChI=1S/C23H29IN2O/c1-17-15-18(2)23(19(3)16-17)24-21-7-9-22(10-8-21)27-14-6-11-26-13-12-25(5)20(26)4/h7-10,12-13,15-16H,6,11,14H2,1-5H3/q+2. The highest BCUT2D eigenvalue weighted by molar-refractivity contribution is 5.27. The molecule has 0 fully saturated rings. The quantitative estimate of drug-likeness (QED) is 0.284. The van der Waals surface area contributed by atoms with E-state index in [-0.39, 0.29) is 21.2 Å². The lowest BCUT2D eigenvalue weighted by molar-refractivity contribution is -0.677. The van der Waals surface area contributed by atoms with Gasteiger partial charge in [0, 0.05) is 24.5 Å². The first kappa shape index (κ1) is 19.9. The summed E-state index contributed by atoms with van der Waals surface area (Å²) in [5.74, 6) is 2.24. The van der Waals surface area contributed by atoms with Gasteiger partial charge in [-0.3, -0.25) is 0 Å². The van der Waals surface area contributed by atoms with E-state index in [9.17, 15) is 0 Å². The van der Waals surface area contributed by atoms with Gasteiger partial charge in [-0.1, -0.05) is 17.7 Å². The van der Waals surface area contributed by atoms with Crippen molar-refractivity contribution in [3.05, 3.63) is 78.4 Å². The molecule has 3 rings (SSSR count). The van der Waals surface area contributed by atoms with E-state index >= 15 is 0 Å². The Hall–Kier alpha value is -1.82. The van der Waals surface area contributed by atoms with E-state index in [1.165, 1.54) is 26.1 Å². The number of halogens is 1. The van der Waals surface area contributed by atoms with Gasteiger partial charge < -0.3 is 4.74 Å². The van der Waals surface area contributed by atoms with Gasteiger partial charge in [0.05, 0.1) is 20.2 Å². The zero-order valence-electron chi connectivity index (χ0n) is 16.9. The lowest BCUT2D eigenvalue weighted by Gasteiger charge is -2.05. The molecule has 2 aromatic carbocycles. The highest BCUT2D eigenvalue weighted by atomic mass is 127. The molecule has 0 saturated carbocycles. The molecule has 0 radical (unpaired) electrons. The molecule has 4 heteroatoms. The minimum absolute atomic E-state index is 0.151. The van der Waals surface area contributed by atoms with Gasteiger partial charge in [0.2, 0.25) is 0 Å². The Morgan fingerprint density at radius 2 is 1.67 bits per heavy atom. The van der Waals surface area contributed by atoms with Gasteiger partial charge in [-0.15, -0.1) is 0 Å². The van der Waals surface area contributed by atoms with Gasteiger partial charge in [-0.05, 0) is 45.0 Å². The maximum absolute atomic E-state index is 5.93. The van der Waals surface area contributed by atoms with Crippen LogP contribution >= 0.6 is 0 Å². The predicted molar refractivity (Wildman–Crippen MR) is 105 cm³/mol. The summed E-state index contributed by atoms with van der Waals surface area (Å²) in [6, 6.07) is 13.3. The molecule has 0 aliphatic rings. The molecule has 0 spiro atoms. The maximum atomic E-state index is 5.93. The lowest BCUT2D eigenvalue weighted by Crippen LogP contribution is -3.62. The molecule has 3 nitrogen and oxygen atoms in total. The number of benzene rings is 2.